The molecule has 17 heavy (non-hydrogen) atoms. The largest absolute Gasteiger partial charge is 0.389 e. The molecule has 1 saturated heterocycles. The van der Waals surface area contributed by atoms with Crippen LogP contribution in [0.4, 0.5) is 5.69 Å². The third kappa shape index (κ3) is 2.58. The molecule has 0 spiro atoms. The van der Waals surface area contributed by atoms with E-state index in [9.17, 15) is 5.11 Å². The van der Waals surface area contributed by atoms with Crippen LogP contribution in [0.15, 0.2) is 18.2 Å². The van der Waals surface area contributed by atoms with Crippen LogP contribution in [0.2, 0.25) is 5.02 Å². The van der Waals surface area contributed by atoms with Crippen molar-refractivity contribution < 1.29 is 5.11 Å². The van der Waals surface area contributed by atoms with Gasteiger partial charge in [0.25, 0.3) is 0 Å². The molecule has 94 valence electrons. The molecule has 1 aliphatic heterocycles. The maximum absolute atomic E-state index is 9.53. The fourth-order valence-corrected chi connectivity index (χ4v) is 2.95. The van der Waals surface area contributed by atoms with Crippen LogP contribution in [0.3, 0.4) is 0 Å². The predicted molar refractivity (Wildman–Crippen MR) is 72.7 cm³/mol. The minimum Gasteiger partial charge on any atom is -0.389 e. The first-order chi connectivity index (χ1) is 7.99. The van der Waals surface area contributed by atoms with Crippen molar-refractivity contribution in [3.8, 4) is 0 Å². The van der Waals surface area contributed by atoms with Crippen LogP contribution in [-0.4, -0.2) is 17.7 Å². The van der Waals surface area contributed by atoms with Crippen molar-refractivity contribution in [3.63, 3.8) is 0 Å². The van der Waals surface area contributed by atoms with Gasteiger partial charge >= 0.3 is 0 Å². The molecular weight excluding hydrogens is 234 g/mol. The van der Waals surface area contributed by atoms with Gasteiger partial charge < -0.3 is 10.0 Å². The summed E-state index contributed by atoms with van der Waals surface area (Å²) in [6.07, 6.45) is 0.755. The molecule has 1 aromatic rings. The number of nitrogens with zero attached hydrogens (tertiary/aromatic N) is 1. The minimum atomic E-state index is -0.462. The first-order valence-electron chi connectivity index (χ1n) is 6.23. The van der Waals surface area contributed by atoms with E-state index in [1.807, 2.05) is 18.2 Å². The molecule has 1 N–H and O–H groups in total. The van der Waals surface area contributed by atoms with Gasteiger partial charge in [0.2, 0.25) is 0 Å². The van der Waals surface area contributed by atoms with Gasteiger partial charge in [0.1, 0.15) is 0 Å². The summed E-state index contributed by atoms with van der Waals surface area (Å²) in [7, 11) is 0. The second kappa shape index (κ2) is 4.87. The van der Waals surface area contributed by atoms with Gasteiger partial charge in [0, 0.05) is 12.6 Å². The topological polar surface area (TPSA) is 23.5 Å². The van der Waals surface area contributed by atoms with Crippen LogP contribution in [0.5, 0.6) is 0 Å². The van der Waals surface area contributed by atoms with E-state index in [1.165, 1.54) is 6.42 Å². The van der Waals surface area contributed by atoms with Gasteiger partial charge in [-0.05, 0) is 43.9 Å². The molecule has 2 nitrogen and oxygen atoms in total. The Kier molecular flexibility index (Phi) is 3.64. The number of benzene rings is 1. The van der Waals surface area contributed by atoms with Crippen LogP contribution >= 0.6 is 11.6 Å². The third-order valence-electron chi connectivity index (χ3n) is 3.55. The lowest BCUT2D eigenvalue weighted by Crippen LogP contribution is -2.26. The number of anilines is 1. The van der Waals surface area contributed by atoms with Crippen molar-refractivity contribution in [2.45, 2.75) is 39.3 Å². The zero-order valence-electron chi connectivity index (χ0n) is 10.7. The van der Waals surface area contributed by atoms with Crippen molar-refractivity contribution in [2.75, 3.05) is 11.4 Å². The number of hydrogen-bond acceptors (Lipinski definition) is 2. The highest BCUT2D eigenvalue weighted by Crippen LogP contribution is 2.35. The van der Waals surface area contributed by atoms with Crippen LogP contribution in [0, 0.1) is 5.92 Å². The van der Waals surface area contributed by atoms with Crippen LogP contribution in [-0.2, 0) is 0 Å². The molecule has 0 aromatic heterocycles. The summed E-state index contributed by atoms with van der Waals surface area (Å²) in [5.41, 5.74) is 1.96. The number of hydrogen-bond donors (Lipinski definition) is 1. The highest BCUT2D eigenvalue weighted by molar-refractivity contribution is 6.33. The van der Waals surface area contributed by atoms with E-state index in [0.717, 1.165) is 28.7 Å². The van der Waals surface area contributed by atoms with Crippen molar-refractivity contribution in [2.24, 2.45) is 5.92 Å². The first kappa shape index (κ1) is 12.7. The Bertz CT molecular complexity index is 405. The molecule has 2 rings (SSSR count). The molecule has 0 radical (unpaired) electrons. The lowest BCUT2D eigenvalue weighted by atomic mass is 10.1. The molecule has 0 saturated carbocycles. The maximum atomic E-state index is 9.53. The second-order valence-corrected chi connectivity index (χ2v) is 5.64. The Labute approximate surface area is 108 Å². The minimum absolute atomic E-state index is 0.462. The molecule has 3 heteroatoms. The molecule has 3 unspecified atom stereocenters. The summed E-state index contributed by atoms with van der Waals surface area (Å²) in [5, 5.41) is 10.3. The standard InChI is InChI=1S/C14H20ClNO/c1-9-6-10(2)16(8-9)14-5-4-12(11(3)17)7-13(14)15/h4-5,7,9-11,17H,6,8H2,1-3H3. The van der Waals surface area contributed by atoms with E-state index in [0.29, 0.717) is 6.04 Å². The van der Waals surface area contributed by atoms with E-state index in [2.05, 4.69) is 18.7 Å². The van der Waals surface area contributed by atoms with Gasteiger partial charge in [0.05, 0.1) is 16.8 Å². The highest BCUT2D eigenvalue weighted by atomic mass is 35.5. The summed E-state index contributed by atoms with van der Waals surface area (Å²) >= 11 is 6.31. The van der Waals surface area contributed by atoms with E-state index < -0.39 is 6.10 Å². The molecule has 0 bridgehead atoms. The fourth-order valence-electron chi connectivity index (χ4n) is 2.65. The Morgan fingerprint density at radius 1 is 1.41 bits per heavy atom. The number of halogens is 1. The quantitative estimate of drug-likeness (QED) is 0.870. The van der Waals surface area contributed by atoms with Crippen molar-refractivity contribution >= 4 is 17.3 Å². The Morgan fingerprint density at radius 3 is 2.59 bits per heavy atom. The second-order valence-electron chi connectivity index (χ2n) is 5.23. The zero-order valence-corrected chi connectivity index (χ0v) is 11.4. The summed E-state index contributed by atoms with van der Waals surface area (Å²) < 4.78 is 0. The van der Waals surface area contributed by atoms with E-state index >= 15 is 0 Å². The van der Waals surface area contributed by atoms with E-state index in [-0.39, 0.29) is 0 Å². The Hall–Kier alpha value is -0.730. The normalized spacial score (nSPS) is 26.3. The van der Waals surface area contributed by atoms with Gasteiger partial charge in [-0.1, -0.05) is 24.6 Å². The summed E-state index contributed by atoms with van der Waals surface area (Å²) in [6, 6.07) is 6.40. The van der Waals surface area contributed by atoms with Gasteiger partial charge in [-0.3, -0.25) is 0 Å². The predicted octanol–water partition coefficient (Wildman–Crippen LogP) is 3.63. The molecule has 0 aliphatic carbocycles. The highest BCUT2D eigenvalue weighted by Gasteiger charge is 2.27. The molecule has 3 atom stereocenters. The number of aliphatic hydroxyl groups is 1. The van der Waals surface area contributed by atoms with Crippen LogP contribution in [0.1, 0.15) is 38.9 Å². The van der Waals surface area contributed by atoms with Gasteiger partial charge in [0.15, 0.2) is 0 Å². The van der Waals surface area contributed by atoms with Crippen molar-refractivity contribution in [1.29, 1.82) is 0 Å². The molecular formula is C14H20ClNO. The molecule has 1 fully saturated rings. The smallest absolute Gasteiger partial charge is 0.0762 e. The van der Waals surface area contributed by atoms with Crippen LogP contribution in [0.25, 0.3) is 0 Å². The molecule has 0 amide bonds. The summed E-state index contributed by atoms with van der Waals surface area (Å²) in [6.45, 7) is 7.33. The van der Waals surface area contributed by atoms with E-state index in [1.54, 1.807) is 6.92 Å². The zero-order chi connectivity index (χ0) is 12.6. The number of aliphatic hydroxyl groups excluding tert-OH is 1. The number of rotatable bonds is 2. The summed E-state index contributed by atoms with van der Waals surface area (Å²) in [5.74, 6) is 0.720. The SMILES string of the molecule is CC1CC(C)N(c2ccc(C(C)O)cc2Cl)C1. The Morgan fingerprint density at radius 2 is 2.12 bits per heavy atom. The lowest BCUT2D eigenvalue weighted by Gasteiger charge is -2.25. The molecule has 1 aromatic carbocycles. The lowest BCUT2D eigenvalue weighted by molar-refractivity contribution is 0.199. The first-order valence-corrected chi connectivity index (χ1v) is 6.61. The Balaban J connectivity index is 2.28. The van der Waals surface area contributed by atoms with Gasteiger partial charge in [-0.25, -0.2) is 0 Å². The van der Waals surface area contributed by atoms with Crippen molar-refractivity contribution in [1.82, 2.24) is 0 Å². The fraction of sp³-hybridized carbons (Fsp3) is 0.571. The van der Waals surface area contributed by atoms with Crippen molar-refractivity contribution in [3.05, 3.63) is 28.8 Å². The maximum Gasteiger partial charge on any atom is 0.0762 e. The average molecular weight is 254 g/mol. The van der Waals surface area contributed by atoms with Gasteiger partial charge in [-0.15, -0.1) is 0 Å². The molecule has 1 heterocycles. The average Bonchev–Trinajstić information content (AvgIpc) is 2.57. The summed E-state index contributed by atoms with van der Waals surface area (Å²) in [4.78, 5) is 2.36. The van der Waals surface area contributed by atoms with Crippen LogP contribution < -0.4 is 4.90 Å². The van der Waals surface area contributed by atoms with Gasteiger partial charge in [-0.2, -0.15) is 0 Å². The monoisotopic (exact) mass is 253 g/mol. The van der Waals surface area contributed by atoms with E-state index in [4.69, 9.17) is 11.6 Å². The third-order valence-corrected chi connectivity index (χ3v) is 3.85. The molecule has 1 aliphatic rings.